The number of nitrogens with zero attached hydrogens (tertiary/aromatic N) is 1. The molecule has 29 heavy (non-hydrogen) atoms. The highest BCUT2D eigenvalue weighted by Crippen LogP contribution is 2.17. The van der Waals surface area contributed by atoms with E-state index >= 15 is 0 Å². The molecule has 2 amide bonds. The van der Waals surface area contributed by atoms with E-state index in [-0.39, 0.29) is 18.2 Å². The lowest BCUT2D eigenvalue weighted by molar-refractivity contribution is -0.121. The highest BCUT2D eigenvalue weighted by Gasteiger charge is 2.19. The van der Waals surface area contributed by atoms with Gasteiger partial charge in [0.1, 0.15) is 0 Å². The number of carbonyl (C=O) groups is 2. The molecular formula is C24H23N3O2. The fourth-order valence-corrected chi connectivity index (χ4v) is 2.89. The van der Waals surface area contributed by atoms with Gasteiger partial charge >= 0.3 is 0 Å². The molecule has 0 saturated heterocycles. The third-order valence-electron chi connectivity index (χ3n) is 4.47. The summed E-state index contributed by atoms with van der Waals surface area (Å²) >= 11 is 0. The fourth-order valence-electron chi connectivity index (χ4n) is 2.89. The van der Waals surface area contributed by atoms with E-state index in [0.717, 1.165) is 11.1 Å². The second-order valence-corrected chi connectivity index (χ2v) is 6.61. The Morgan fingerprint density at radius 3 is 1.90 bits per heavy atom. The summed E-state index contributed by atoms with van der Waals surface area (Å²) in [5, 5.41) is 7.13. The van der Waals surface area contributed by atoms with Crippen molar-refractivity contribution in [1.82, 2.24) is 10.7 Å². The number of amides is 2. The quantitative estimate of drug-likeness (QED) is 0.475. The normalized spacial score (nSPS) is 12.1. The van der Waals surface area contributed by atoms with Crippen molar-refractivity contribution in [3.8, 4) is 0 Å². The third-order valence-corrected chi connectivity index (χ3v) is 4.47. The number of carbonyl (C=O) groups excluding carboxylic acids is 2. The minimum atomic E-state index is -0.462. The monoisotopic (exact) mass is 385 g/mol. The fraction of sp³-hybridized carbons (Fsp3) is 0.125. The molecule has 0 aromatic heterocycles. The Morgan fingerprint density at radius 2 is 1.31 bits per heavy atom. The van der Waals surface area contributed by atoms with Crippen LogP contribution in [0.15, 0.2) is 96.1 Å². The molecule has 146 valence electrons. The van der Waals surface area contributed by atoms with Crippen LogP contribution in [0, 0.1) is 0 Å². The SMILES string of the molecule is C/C(=N/NC(=O)C[C@@H](NC(=O)c1ccccc1)c1ccccc1)c1ccccc1. The second kappa shape index (κ2) is 9.99. The number of benzene rings is 3. The molecule has 0 saturated carbocycles. The molecule has 3 aromatic carbocycles. The molecule has 0 aliphatic carbocycles. The molecule has 0 unspecified atom stereocenters. The lowest BCUT2D eigenvalue weighted by Crippen LogP contribution is -2.32. The van der Waals surface area contributed by atoms with Crippen LogP contribution in [-0.2, 0) is 4.79 Å². The number of nitrogens with one attached hydrogen (secondary N) is 2. The smallest absolute Gasteiger partial charge is 0.251 e. The van der Waals surface area contributed by atoms with Gasteiger partial charge in [-0.2, -0.15) is 5.10 Å². The Bertz CT molecular complexity index is 971. The van der Waals surface area contributed by atoms with Gasteiger partial charge in [0.05, 0.1) is 18.2 Å². The molecule has 0 heterocycles. The molecule has 5 nitrogen and oxygen atoms in total. The Balaban J connectivity index is 1.70. The average Bonchev–Trinajstić information content (AvgIpc) is 2.78. The first-order valence-electron chi connectivity index (χ1n) is 9.43. The summed E-state index contributed by atoms with van der Waals surface area (Å²) in [6.07, 6.45) is 0.0775. The average molecular weight is 385 g/mol. The van der Waals surface area contributed by atoms with E-state index in [1.165, 1.54) is 0 Å². The Labute approximate surface area is 170 Å². The maximum atomic E-state index is 12.6. The maximum Gasteiger partial charge on any atom is 0.251 e. The predicted octanol–water partition coefficient (Wildman–Crippen LogP) is 4.09. The van der Waals surface area contributed by atoms with Crippen molar-refractivity contribution in [3.05, 3.63) is 108 Å². The summed E-state index contributed by atoms with van der Waals surface area (Å²) in [6, 6.07) is 27.5. The first kappa shape index (κ1) is 20.0. The third kappa shape index (κ3) is 5.87. The molecule has 0 bridgehead atoms. The van der Waals surface area contributed by atoms with Crippen LogP contribution in [0.2, 0.25) is 0 Å². The predicted molar refractivity (Wildman–Crippen MR) is 115 cm³/mol. The van der Waals surface area contributed by atoms with Crippen LogP contribution in [0.4, 0.5) is 0 Å². The molecule has 0 aliphatic heterocycles. The van der Waals surface area contributed by atoms with Gasteiger partial charge in [0.2, 0.25) is 5.91 Å². The molecule has 3 aromatic rings. The van der Waals surface area contributed by atoms with Crippen molar-refractivity contribution < 1.29 is 9.59 Å². The molecule has 2 N–H and O–H groups in total. The maximum absolute atomic E-state index is 12.6. The van der Waals surface area contributed by atoms with Gasteiger partial charge < -0.3 is 5.32 Å². The van der Waals surface area contributed by atoms with Crippen LogP contribution in [-0.4, -0.2) is 17.5 Å². The highest BCUT2D eigenvalue weighted by atomic mass is 16.2. The van der Waals surface area contributed by atoms with Gasteiger partial charge in [-0.15, -0.1) is 0 Å². The molecule has 3 rings (SSSR count). The van der Waals surface area contributed by atoms with Crippen LogP contribution in [0.3, 0.4) is 0 Å². The number of rotatable bonds is 7. The van der Waals surface area contributed by atoms with Gasteiger partial charge in [-0.25, -0.2) is 5.43 Å². The van der Waals surface area contributed by atoms with Crippen molar-refractivity contribution in [2.45, 2.75) is 19.4 Å². The molecule has 0 radical (unpaired) electrons. The minimum Gasteiger partial charge on any atom is -0.345 e. The summed E-state index contributed by atoms with van der Waals surface area (Å²) in [5.74, 6) is -0.501. The van der Waals surface area contributed by atoms with Gasteiger partial charge in [-0.05, 0) is 30.2 Å². The van der Waals surface area contributed by atoms with Crippen molar-refractivity contribution >= 4 is 17.5 Å². The van der Waals surface area contributed by atoms with E-state index in [1.54, 1.807) is 24.3 Å². The number of hydrogen-bond acceptors (Lipinski definition) is 3. The first-order chi connectivity index (χ1) is 14.1. The zero-order valence-electron chi connectivity index (χ0n) is 16.2. The van der Waals surface area contributed by atoms with Gasteiger partial charge in [0.15, 0.2) is 0 Å². The lowest BCUT2D eigenvalue weighted by Gasteiger charge is -2.18. The van der Waals surface area contributed by atoms with Gasteiger partial charge in [-0.1, -0.05) is 78.9 Å². The largest absolute Gasteiger partial charge is 0.345 e. The molecule has 0 fully saturated rings. The van der Waals surface area contributed by atoms with E-state index in [9.17, 15) is 9.59 Å². The summed E-state index contributed by atoms with van der Waals surface area (Å²) in [6.45, 7) is 1.83. The van der Waals surface area contributed by atoms with Crippen molar-refractivity contribution in [3.63, 3.8) is 0 Å². The Hall–Kier alpha value is -3.73. The van der Waals surface area contributed by atoms with E-state index in [4.69, 9.17) is 0 Å². The zero-order chi connectivity index (χ0) is 20.5. The Kier molecular flexibility index (Phi) is 6.90. The molecule has 0 aliphatic rings. The van der Waals surface area contributed by atoms with E-state index in [1.807, 2.05) is 73.7 Å². The molecule has 1 atom stereocenters. The number of hydrogen-bond donors (Lipinski definition) is 2. The minimum absolute atomic E-state index is 0.0775. The molecule has 5 heteroatoms. The van der Waals surface area contributed by atoms with Gasteiger partial charge in [0.25, 0.3) is 5.91 Å². The van der Waals surface area contributed by atoms with E-state index in [0.29, 0.717) is 11.3 Å². The highest BCUT2D eigenvalue weighted by molar-refractivity contribution is 5.99. The standard InChI is InChI=1S/C24H23N3O2/c1-18(19-11-5-2-6-12-19)26-27-23(28)17-22(20-13-7-3-8-14-20)25-24(29)21-15-9-4-10-16-21/h2-16,22H,17H2,1H3,(H,25,29)(H,27,28)/b26-18-/t22-/m1/s1. The Morgan fingerprint density at radius 1 is 0.793 bits per heavy atom. The van der Waals surface area contributed by atoms with Crippen LogP contribution >= 0.6 is 0 Å². The number of hydrazone groups is 1. The van der Waals surface area contributed by atoms with Crippen molar-refractivity contribution in [2.24, 2.45) is 5.10 Å². The van der Waals surface area contributed by atoms with Crippen LogP contribution in [0.5, 0.6) is 0 Å². The lowest BCUT2D eigenvalue weighted by atomic mass is 10.0. The first-order valence-corrected chi connectivity index (χ1v) is 9.43. The van der Waals surface area contributed by atoms with Gasteiger partial charge in [-0.3, -0.25) is 9.59 Å². The summed E-state index contributed by atoms with van der Waals surface area (Å²) in [7, 11) is 0. The van der Waals surface area contributed by atoms with Crippen LogP contribution in [0.1, 0.15) is 40.9 Å². The van der Waals surface area contributed by atoms with E-state index in [2.05, 4.69) is 15.8 Å². The van der Waals surface area contributed by atoms with E-state index < -0.39 is 6.04 Å². The second-order valence-electron chi connectivity index (χ2n) is 6.61. The summed E-state index contributed by atoms with van der Waals surface area (Å²) in [5.41, 5.74) is 5.64. The van der Waals surface area contributed by atoms with Gasteiger partial charge in [0, 0.05) is 5.56 Å². The van der Waals surface area contributed by atoms with Crippen LogP contribution in [0.25, 0.3) is 0 Å². The van der Waals surface area contributed by atoms with Crippen molar-refractivity contribution in [2.75, 3.05) is 0 Å². The summed E-state index contributed by atoms with van der Waals surface area (Å²) < 4.78 is 0. The molecule has 0 spiro atoms. The van der Waals surface area contributed by atoms with Crippen LogP contribution < -0.4 is 10.7 Å². The zero-order valence-corrected chi connectivity index (χ0v) is 16.2. The van der Waals surface area contributed by atoms with Crippen molar-refractivity contribution in [1.29, 1.82) is 0 Å². The topological polar surface area (TPSA) is 70.6 Å². The molecular weight excluding hydrogens is 362 g/mol. The summed E-state index contributed by atoms with van der Waals surface area (Å²) in [4.78, 5) is 25.1.